The zero-order chi connectivity index (χ0) is 30.5. The number of carbonyl (C=O) groups is 2. The molecular weight excluding hydrogens is 628 g/mol. The number of nitrogens with zero attached hydrogens (tertiary/aromatic N) is 2. The van der Waals surface area contributed by atoms with E-state index in [9.17, 15) is 18.0 Å². The Morgan fingerprint density at radius 1 is 0.878 bits per heavy atom. The molecule has 0 aliphatic carbocycles. The second-order valence-corrected chi connectivity index (χ2v) is 13.2. The molecular formula is C29H31Cl4N3O4S. The monoisotopic (exact) mass is 657 g/mol. The van der Waals surface area contributed by atoms with Gasteiger partial charge in [-0.2, -0.15) is 0 Å². The fraction of sp³-hybridized carbons (Fsp3) is 0.310. The van der Waals surface area contributed by atoms with Crippen molar-refractivity contribution in [2.45, 2.75) is 57.6 Å². The van der Waals surface area contributed by atoms with Gasteiger partial charge in [0.05, 0.1) is 25.7 Å². The maximum Gasteiger partial charge on any atom is 0.264 e. The molecule has 3 aromatic carbocycles. The first-order chi connectivity index (χ1) is 19.2. The lowest BCUT2D eigenvalue weighted by Crippen LogP contribution is -2.52. The van der Waals surface area contributed by atoms with Gasteiger partial charge in [0.1, 0.15) is 12.6 Å². The van der Waals surface area contributed by atoms with Gasteiger partial charge in [0.15, 0.2) is 0 Å². The number of sulfonamides is 1. The van der Waals surface area contributed by atoms with E-state index in [0.29, 0.717) is 17.0 Å². The van der Waals surface area contributed by atoms with Crippen LogP contribution in [-0.2, 0) is 26.2 Å². The third kappa shape index (κ3) is 8.30. The largest absolute Gasteiger partial charge is 0.352 e. The van der Waals surface area contributed by atoms with Gasteiger partial charge in [0, 0.05) is 17.6 Å². The van der Waals surface area contributed by atoms with Gasteiger partial charge in [-0.3, -0.25) is 13.9 Å². The summed E-state index contributed by atoms with van der Waals surface area (Å²) in [6, 6.07) is 14.4. The zero-order valence-electron chi connectivity index (χ0n) is 23.0. The molecule has 0 saturated carbocycles. The van der Waals surface area contributed by atoms with Crippen LogP contribution in [0, 0.1) is 6.92 Å². The van der Waals surface area contributed by atoms with Gasteiger partial charge in [-0.05, 0) is 75.2 Å². The number of aryl methyl sites for hydroxylation is 1. The van der Waals surface area contributed by atoms with Gasteiger partial charge in [-0.15, -0.1) is 0 Å². The van der Waals surface area contributed by atoms with Crippen molar-refractivity contribution in [2.24, 2.45) is 0 Å². The number of carbonyl (C=O) groups excluding carboxylic acids is 2. The van der Waals surface area contributed by atoms with Crippen molar-refractivity contribution in [2.75, 3.05) is 10.8 Å². The van der Waals surface area contributed by atoms with Crippen LogP contribution in [0.25, 0.3) is 0 Å². The summed E-state index contributed by atoms with van der Waals surface area (Å²) in [5, 5.41) is 3.81. The van der Waals surface area contributed by atoms with Crippen LogP contribution in [0.4, 0.5) is 5.69 Å². The molecule has 3 rings (SSSR count). The minimum absolute atomic E-state index is 0.0271. The lowest BCUT2D eigenvalue weighted by molar-refractivity contribution is -0.139. The third-order valence-corrected chi connectivity index (χ3v) is 9.64. The van der Waals surface area contributed by atoms with Gasteiger partial charge in [-0.25, -0.2) is 8.42 Å². The van der Waals surface area contributed by atoms with Crippen LogP contribution in [0.15, 0.2) is 65.6 Å². The summed E-state index contributed by atoms with van der Waals surface area (Å²) in [5.41, 5.74) is 1.49. The number of hydrogen-bond donors (Lipinski definition) is 1. The van der Waals surface area contributed by atoms with Crippen LogP contribution >= 0.6 is 46.4 Å². The topological polar surface area (TPSA) is 86.8 Å². The molecule has 7 nitrogen and oxygen atoms in total. The van der Waals surface area contributed by atoms with E-state index >= 15 is 0 Å². The van der Waals surface area contributed by atoms with Crippen LogP contribution in [0.2, 0.25) is 20.1 Å². The van der Waals surface area contributed by atoms with E-state index < -0.39 is 28.5 Å². The average Bonchev–Trinajstić information content (AvgIpc) is 2.93. The fourth-order valence-electron chi connectivity index (χ4n) is 3.91. The Hall–Kier alpha value is -2.49. The molecule has 12 heteroatoms. The molecule has 0 bridgehead atoms. The molecule has 1 N–H and O–H groups in total. The first-order valence-electron chi connectivity index (χ1n) is 12.8. The molecule has 0 spiro atoms. The Morgan fingerprint density at radius 3 is 2.12 bits per heavy atom. The molecule has 0 aliphatic rings. The summed E-state index contributed by atoms with van der Waals surface area (Å²) in [6.07, 6.45) is 0.690. The van der Waals surface area contributed by atoms with Crippen molar-refractivity contribution in [3.63, 3.8) is 0 Å². The second-order valence-electron chi connectivity index (χ2n) is 9.68. The fourth-order valence-corrected chi connectivity index (χ4v) is 6.09. The number of amides is 2. The van der Waals surface area contributed by atoms with E-state index in [1.165, 1.54) is 35.2 Å². The summed E-state index contributed by atoms with van der Waals surface area (Å²) < 4.78 is 28.8. The molecule has 0 aliphatic heterocycles. The normalized spacial score (nSPS) is 12.9. The number of halogens is 4. The maximum absolute atomic E-state index is 14.0. The van der Waals surface area contributed by atoms with Crippen molar-refractivity contribution in [3.8, 4) is 0 Å². The lowest BCUT2D eigenvalue weighted by Gasteiger charge is -2.32. The summed E-state index contributed by atoms with van der Waals surface area (Å²) in [5.74, 6) is -1.03. The van der Waals surface area contributed by atoms with E-state index in [4.69, 9.17) is 46.4 Å². The second kappa shape index (κ2) is 14.1. The molecule has 220 valence electrons. The SMILES string of the molecule is CC[C@H](C)NC(=O)[C@H](C)N(Cc1ccc(Cl)c(Cl)c1)C(=O)CN(c1cc(Cl)ccc1Cl)S(=O)(=O)c1ccc(C)cc1. The first kappa shape index (κ1) is 33.0. The maximum atomic E-state index is 14.0. The van der Waals surface area contributed by atoms with Crippen molar-refractivity contribution < 1.29 is 18.0 Å². The molecule has 2 atom stereocenters. The zero-order valence-corrected chi connectivity index (χ0v) is 26.8. The highest BCUT2D eigenvalue weighted by Gasteiger charge is 2.33. The quantitative estimate of drug-likeness (QED) is 0.237. The van der Waals surface area contributed by atoms with Crippen LogP contribution in [0.1, 0.15) is 38.3 Å². The molecule has 2 amide bonds. The van der Waals surface area contributed by atoms with Crippen LogP contribution in [0.5, 0.6) is 0 Å². The van der Waals surface area contributed by atoms with Crippen molar-refractivity contribution >= 4 is 73.9 Å². The minimum atomic E-state index is -4.29. The Balaban J connectivity index is 2.08. The Kier molecular flexibility index (Phi) is 11.4. The standard InChI is InChI=1S/C29H31Cl4N3O4S/c1-5-19(3)34-29(38)20(4)35(16-21-8-12-24(31)26(33)14-21)28(37)17-36(27-15-22(30)9-13-25(27)32)41(39,40)23-10-6-18(2)7-11-23/h6-15,19-20H,5,16-17H2,1-4H3,(H,34,38)/t19-,20-/m0/s1. The van der Waals surface area contributed by atoms with E-state index in [1.54, 1.807) is 37.3 Å². The van der Waals surface area contributed by atoms with Crippen molar-refractivity contribution in [1.29, 1.82) is 0 Å². The van der Waals surface area contributed by atoms with Crippen LogP contribution in [-0.4, -0.2) is 43.8 Å². The average molecular weight is 659 g/mol. The predicted molar refractivity (Wildman–Crippen MR) is 167 cm³/mol. The molecule has 0 unspecified atom stereocenters. The highest BCUT2D eigenvalue weighted by Crippen LogP contribution is 2.33. The molecule has 0 radical (unpaired) electrons. The molecule has 0 saturated heterocycles. The smallest absolute Gasteiger partial charge is 0.264 e. The molecule has 0 heterocycles. The number of rotatable bonds is 11. The number of hydrogen-bond acceptors (Lipinski definition) is 4. The lowest BCUT2D eigenvalue weighted by atomic mass is 10.1. The van der Waals surface area contributed by atoms with E-state index in [1.807, 2.05) is 20.8 Å². The summed E-state index contributed by atoms with van der Waals surface area (Å²) in [6.45, 7) is 6.51. The Morgan fingerprint density at radius 2 is 1.51 bits per heavy atom. The molecule has 3 aromatic rings. The van der Waals surface area contributed by atoms with Crippen molar-refractivity contribution in [1.82, 2.24) is 10.2 Å². The van der Waals surface area contributed by atoms with E-state index in [0.717, 1.165) is 9.87 Å². The summed E-state index contributed by atoms with van der Waals surface area (Å²) in [4.78, 5) is 28.4. The Bertz CT molecular complexity index is 1520. The number of anilines is 1. The summed E-state index contributed by atoms with van der Waals surface area (Å²) in [7, 11) is -4.29. The van der Waals surface area contributed by atoms with Gasteiger partial charge in [-0.1, -0.05) is 77.1 Å². The highest BCUT2D eigenvalue weighted by atomic mass is 35.5. The molecule has 0 aromatic heterocycles. The van der Waals surface area contributed by atoms with E-state index in [-0.39, 0.29) is 44.1 Å². The molecule has 0 fully saturated rings. The third-order valence-electron chi connectivity index (χ3n) is 6.57. The van der Waals surface area contributed by atoms with Gasteiger partial charge in [0.25, 0.3) is 10.0 Å². The Labute approximate surface area is 261 Å². The molecule has 41 heavy (non-hydrogen) atoms. The first-order valence-corrected chi connectivity index (χ1v) is 15.8. The van der Waals surface area contributed by atoms with Gasteiger partial charge < -0.3 is 10.2 Å². The summed E-state index contributed by atoms with van der Waals surface area (Å²) >= 11 is 24.9. The number of nitrogens with one attached hydrogen (secondary N) is 1. The minimum Gasteiger partial charge on any atom is -0.352 e. The van der Waals surface area contributed by atoms with Gasteiger partial charge >= 0.3 is 0 Å². The predicted octanol–water partition coefficient (Wildman–Crippen LogP) is 7.14. The van der Waals surface area contributed by atoms with Crippen LogP contribution < -0.4 is 9.62 Å². The van der Waals surface area contributed by atoms with Gasteiger partial charge in [0.2, 0.25) is 11.8 Å². The van der Waals surface area contributed by atoms with E-state index in [2.05, 4.69) is 5.32 Å². The van der Waals surface area contributed by atoms with Crippen LogP contribution in [0.3, 0.4) is 0 Å². The highest BCUT2D eigenvalue weighted by molar-refractivity contribution is 7.92. The van der Waals surface area contributed by atoms with Crippen molar-refractivity contribution in [3.05, 3.63) is 91.9 Å². The number of benzene rings is 3.